The largest absolute Gasteiger partial charge is 0.443 e. The van der Waals surface area contributed by atoms with Crippen LogP contribution in [0.3, 0.4) is 0 Å². The van der Waals surface area contributed by atoms with E-state index in [1.807, 2.05) is 16.7 Å². The van der Waals surface area contributed by atoms with Gasteiger partial charge in [-0.2, -0.15) is 0 Å². The van der Waals surface area contributed by atoms with Gasteiger partial charge in [0.1, 0.15) is 18.5 Å². The molecule has 0 aliphatic heterocycles. The van der Waals surface area contributed by atoms with Gasteiger partial charge in [-0.15, -0.1) is 0 Å². The van der Waals surface area contributed by atoms with Crippen molar-refractivity contribution in [3.05, 3.63) is 29.0 Å². The lowest BCUT2D eigenvalue weighted by Crippen LogP contribution is -2.22. The highest BCUT2D eigenvalue weighted by Gasteiger charge is 2.14. The zero-order valence-electron chi connectivity index (χ0n) is 14.6. The minimum Gasteiger partial charge on any atom is -0.443 e. The number of pyridine rings is 1. The Morgan fingerprint density at radius 3 is 2.79 bits per heavy atom. The highest BCUT2D eigenvalue weighted by molar-refractivity contribution is 6.76. The number of alkyl carbamates (subject to hydrolysis) is 1. The first-order chi connectivity index (χ1) is 11.3. The normalized spacial score (nSPS) is 11.7. The zero-order chi connectivity index (χ0) is 17.7. The van der Waals surface area contributed by atoms with Crippen LogP contribution in [0.2, 0.25) is 30.8 Å². The van der Waals surface area contributed by atoms with Crippen LogP contribution in [0.15, 0.2) is 18.2 Å². The van der Waals surface area contributed by atoms with E-state index in [0.29, 0.717) is 18.5 Å². The van der Waals surface area contributed by atoms with Crippen LogP contribution in [-0.4, -0.2) is 37.4 Å². The summed E-state index contributed by atoms with van der Waals surface area (Å²) in [4.78, 5) is 15.6. The summed E-state index contributed by atoms with van der Waals surface area (Å²) in [6.07, 6.45) is -0.475. The standard InChI is InChI=1S/C16H24ClN3O3Si/c1-18-16(21)23-10-12-9-13-14(5-6-15(17)19-13)20(12)11-22-7-8-24(2,3)4/h5-6,9H,7-8,10-11H2,1-4H3,(H,18,21). The molecule has 24 heavy (non-hydrogen) atoms. The van der Waals surface area contributed by atoms with Crippen molar-refractivity contribution in [2.45, 2.75) is 39.0 Å². The van der Waals surface area contributed by atoms with Gasteiger partial charge in [0.2, 0.25) is 0 Å². The molecule has 0 aromatic carbocycles. The number of ether oxygens (including phenoxy) is 2. The van der Waals surface area contributed by atoms with Gasteiger partial charge in [0, 0.05) is 21.7 Å². The first-order valence-corrected chi connectivity index (χ1v) is 12.0. The maximum absolute atomic E-state index is 11.3. The third-order valence-corrected chi connectivity index (χ3v) is 5.50. The highest BCUT2D eigenvalue weighted by Crippen LogP contribution is 2.21. The van der Waals surface area contributed by atoms with Crippen molar-refractivity contribution in [2.24, 2.45) is 0 Å². The van der Waals surface area contributed by atoms with Crippen molar-refractivity contribution in [2.75, 3.05) is 13.7 Å². The lowest BCUT2D eigenvalue weighted by molar-refractivity contribution is 0.0828. The molecule has 2 heterocycles. The molecule has 6 nitrogen and oxygen atoms in total. The molecular weight excluding hydrogens is 346 g/mol. The Kier molecular flexibility index (Phi) is 6.25. The molecule has 132 valence electrons. The van der Waals surface area contributed by atoms with Crippen molar-refractivity contribution < 1.29 is 14.3 Å². The molecule has 0 saturated heterocycles. The summed E-state index contributed by atoms with van der Waals surface area (Å²) in [6, 6.07) is 6.61. The lowest BCUT2D eigenvalue weighted by Gasteiger charge is -2.16. The monoisotopic (exact) mass is 369 g/mol. The molecule has 2 aromatic rings. The number of nitrogens with zero attached hydrogens (tertiary/aromatic N) is 2. The smallest absolute Gasteiger partial charge is 0.407 e. The van der Waals surface area contributed by atoms with Gasteiger partial charge in [-0.3, -0.25) is 0 Å². The fourth-order valence-corrected chi connectivity index (χ4v) is 3.10. The van der Waals surface area contributed by atoms with Gasteiger partial charge in [0.25, 0.3) is 0 Å². The van der Waals surface area contributed by atoms with Gasteiger partial charge in [-0.1, -0.05) is 31.2 Å². The van der Waals surface area contributed by atoms with E-state index >= 15 is 0 Å². The molecule has 8 heteroatoms. The predicted molar refractivity (Wildman–Crippen MR) is 98.1 cm³/mol. The molecule has 1 N–H and O–H groups in total. The summed E-state index contributed by atoms with van der Waals surface area (Å²) in [6.45, 7) is 8.20. The Bertz CT molecular complexity index is 712. The van der Waals surface area contributed by atoms with Crippen molar-refractivity contribution in [3.8, 4) is 0 Å². The Hall–Kier alpha value is -1.57. The Morgan fingerprint density at radius 1 is 1.38 bits per heavy atom. The van der Waals surface area contributed by atoms with Crippen molar-refractivity contribution in [3.63, 3.8) is 0 Å². The molecule has 0 unspecified atom stereocenters. The minimum absolute atomic E-state index is 0.144. The van der Waals surface area contributed by atoms with Crippen LogP contribution in [0.1, 0.15) is 5.69 Å². The molecule has 0 atom stereocenters. The number of carbonyl (C=O) groups is 1. The molecule has 0 aliphatic carbocycles. The van der Waals surface area contributed by atoms with Crippen LogP contribution in [0, 0.1) is 0 Å². The van der Waals surface area contributed by atoms with E-state index in [9.17, 15) is 4.79 Å². The fourth-order valence-electron chi connectivity index (χ4n) is 2.19. The van der Waals surface area contributed by atoms with Gasteiger partial charge in [0.15, 0.2) is 0 Å². The zero-order valence-corrected chi connectivity index (χ0v) is 16.3. The minimum atomic E-state index is -1.13. The van der Waals surface area contributed by atoms with Crippen LogP contribution in [-0.2, 0) is 22.8 Å². The average molecular weight is 370 g/mol. The van der Waals surface area contributed by atoms with Crippen LogP contribution in [0.5, 0.6) is 0 Å². The second-order valence-electron chi connectivity index (χ2n) is 6.78. The molecule has 2 rings (SSSR count). The van der Waals surface area contributed by atoms with Crippen LogP contribution in [0.25, 0.3) is 11.0 Å². The SMILES string of the molecule is CNC(=O)OCc1cc2nc(Cl)ccc2n1COCC[Si](C)(C)C. The lowest BCUT2D eigenvalue weighted by atomic mass is 10.4. The van der Waals surface area contributed by atoms with Crippen molar-refractivity contribution >= 4 is 36.8 Å². The van der Waals surface area contributed by atoms with E-state index < -0.39 is 14.2 Å². The molecule has 0 spiro atoms. The molecular formula is C16H24ClN3O3Si. The van der Waals surface area contributed by atoms with Gasteiger partial charge in [0.05, 0.1) is 16.7 Å². The summed E-state index contributed by atoms with van der Waals surface area (Å²) < 4.78 is 13.0. The predicted octanol–water partition coefficient (Wildman–Crippen LogP) is 3.86. The van der Waals surface area contributed by atoms with Gasteiger partial charge in [-0.05, 0) is 24.2 Å². The summed E-state index contributed by atoms with van der Waals surface area (Å²) in [7, 11) is 0.396. The topological polar surface area (TPSA) is 65.4 Å². The Labute approximate surface area is 148 Å². The van der Waals surface area contributed by atoms with Gasteiger partial charge >= 0.3 is 6.09 Å². The van der Waals surface area contributed by atoms with Crippen LogP contribution < -0.4 is 5.32 Å². The number of hydrogen-bond donors (Lipinski definition) is 1. The molecule has 0 saturated carbocycles. The third kappa shape index (κ3) is 5.22. The van der Waals surface area contributed by atoms with Crippen molar-refractivity contribution in [1.82, 2.24) is 14.9 Å². The number of amides is 1. The molecule has 1 amide bonds. The van der Waals surface area contributed by atoms with Gasteiger partial charge in [-0.25, -0.2) is 9.78 Å². The van der Waals surface area contributed by atoms with Crippen molar-refractivity contribution in [1.29, 1.82) is 0 Å². The van der Waals surface area contributed by atoms with Crippen LogP contribution >= 0.6 is 11.6 Å². The molecule has 2 aromatic heterocycles. The summed E-state index contributed by atoms with van der Waals surface area (Å²) >= 11 is 5.96. The summed E-state index contributed by atoms with van der Waals surface area (Å²) in [5.41, 5.74) is 2.48. The second-order valence-corrected chi connectivity index (χ2v) is 12.8. The number of fused-ring (bicyclic) bond motifs is 1. The van der Waals surface area contributed by atoms with Crippen LogP contribution in [0.4, 0.5) is 4.79 Å². The number of hydrogen-bond acceptors (Lipinski definition) is 4. The number of rotatable bonds is 7. The van der Waals surface area contributed by atoms with E-state index in [4.69, 9.17) is 21.1 Å². The highest BCUT2D eigenvalue weighted by atomic mass is 35.5. The Morgan fingerprint density at radius 2 is 2.12 bits per heavy atom. The Balaban J connectivity index is 2.15. The quantitative estimate of drug-likeness (QED) is 0.457. The summed E-state index contributed by atoms with van der Waals surface area (Å²) in [5.74, 6) is 0. The number of halogens is 1. The number of aromatic nitrogens is 2. The molecule has 0 fully saturated rings. The van der Waals surface area contributed by atoms with E-state index in [1.165, 1.54) is 7.05 Å². The number of carbonyl (C=O) groups excluding carboxylic acids is 1. The van der Waals surface area contributed by atoms with E-state index in [2.05, 4.69) is 29.9 Å². The third-order valence-electron chi connectivity index (χ3n) is 3.58. The van der Waals surface area contributed by atoms with E-state index in [-0.39, 0.29) is 6.61 Å². The maximum Gasteiger partial charge on any atom is 0.407 e. The second kappa shape index (κ2) is 8.00. The summed E-state index contributed by atoms with van der Waals surface area (Å²) in [5, 5.41) is 2.86. The maximum atomic E-state index is 11.3. The van der Waals surface area contributed by atoms with E-state index in [1.54, 1.807) is 6.07 Å². The van der Waals surface area contributed by atoms with E-state index in [0.717, 1.165) is 22.8 Å². The average Bonchev–Trinajstić information content (AvgIpc) is 2.85. The first-order valence-electron chi connectivity index (χ1n) is 7.87. The van der Waals surface area contributed by atoms with Gasteiger partial charge < -0.3 is 19.4 Å². The molecule has 0 radical (unpaired) electrons. The molecule has 0 bridgehead atoms. The molecule has 0 aliphatic rings. The number of nitrogens with one attached hydrogen (secondary N) is 1. The first kappa shape index (κ1) is 18.8. The fraction of sp³-hybridized carbons (Fsp3) is 0.500.